The second-order valence-corrected chi connectivity index (χ2v) is 6.89. The molecule has 0 unspecified atom stereocenters. The van der Waals surface area contributed by atoms with Crippen molar-refractivity contribution in [3.63, 3.8) is 0 Å². The minimum absolute atomic E-state index is 0.0834. The molecule has 0 bridgehead atoms. The van der Waals surface area contributed by atoms with Crippen molar-refractivity contribution in [1.29, 1.82) is 0 Å². The molecule has 0 aromatic heterocycles. The van der Waals surface area contributed by atoms with E-state index in [-0.39, 0.29) is 21.2 Å². The Morgan fingerprint density at radius 3 is 2.70 bits per heavy atom. The Morgan fingerprint density at radius 2 is 1.95 bits per heavy atom. The average molecular weight is 380 g/mol. The van der Waals surface area contributed by atoms with E-state index in [1.54, 1.807) is 11.6 Å². The van der Waals surface area contributed by atoms with Crippen LogP contribution in [0.2, 0.25) is 0 Å². The van der Waals surface area contributed by atoms with Crippen LogP contribution < -0.4 is 26.7 Å². The Morgan fingerprint density at radius 1 is 1.15 bits per heavy atom. The molecule has 0 fully saturated rings. The van der Waals surface area contributed by atoms with Gasteiger partial charge in [0.05, 0.1) is 0 Å². The van der Waals surface area contributed by atoms with E-state index in [0.717, 1.165) is 9.99 Å². The van der Waals surface area contributed by atoms with Gasteiger partial charge in [-0.1, -0.05) is 0 Å². The van der Waals surface area contributed by atoms with Crippen molar-refractivity contribution in [2.45, 2.75) is 4.43 Å². The van der Waals surface area contributed by atoms with Crippen LogP contribution in [-0.2, 0) is 9.22 Å². The third-order valence-electron chi connectivity index (χ3n) is 2.60. The monoisotopic (exact) mass is 380 g/mol. The first kappa shape index (κ1) is 14.7. The molecule has 0 aliphatic carbocycles. The number of halogens is 1. The molecule has 20 heavy (non-hydrogen) atoms. The van der Waals surface area contributed by atoms with Gasteiger partial charge in [-0.25, -0.2) is 0 Å². The molecule has 0 radical (unpaired) electrons. The first-order valence-electron chi connectivity index (χ1n) is 6.13. The van der Waals surface area contributed by atoms with Gasteiger partial charge in [0.1, 0.15) is 0 Å². The van der Waals surface area contributed by atoms with Gasteiger partial charge in [-0.3, -0.25) is 0 Å². The zero-order valence-electron chi connectivity index (χ0n) is 10.8. The number of amides is 1. The van der Waals surface area contributed by atoms with E-state index in [2.05, 4.69) is 36.4 Å². The molecule has 0 saturated carbocycles. The SMILES string of the molecule is O=C(/C=C/c1cccc([I-]Cc2ccccc2)c1)NO. The normalized spacial score (nSPS) is 10.8. The predicted molar refractivity (Wildman–Crippen MR) is 74.2 cm³/mol. The molecule has 104 valence electrons. The number of carbonyl (C=O) groups is 1. The summed E-state index contributed by atoms with van der Waals surface area (Å²) in [5, 5.41) is 8.43. The summed E-state index contributed by atoms with van der Waals surface area (Å²) in [7, 11) is 0. The Labute approximate surface area is 128 Å². The molecule has 3 nitrogen and oxygen atoms in total. The molecule has 2 rings (SSSR count). The predicted octanol–water partition coefficient (Wildman–Crippen LogP) is -0.336. The first-order chi connectivity index (χ1) is 9.78. The second-order valence-electron chi connectivity index (χ2n) is 4.12. The van der Waals surface area contributed by atoms with Gasteiger partial charge in [0.25, 0.3) is 0 Å². The summed E-state index contributed by atoms with van der Waals surface area (Å²) in [6.07, 6.45) is 3.01. The van der Waals surface area contributed by atoms with E-state index in [9.17, 15) is 4.79 Å². The summed E-state index contributed by atoms with van der Waals surface area (Å²) < 4.78 is 2.43. The third-order valence-corrected chi connectivity index (χ3v) is 5.42. The van der Waals surface area contributed by atoms with Gasteiger partial charge in [-0.2, -0.15) is 0 Å². The summed E-state index contributed by atoms with van der Waals surface area (Å²) in [5.74, 6) is -0.519. The Kier molecular flexibility index (Phi) is 5.76. The van der Waals surface area contributed by atoms with Gasteiger partial charge in [-0.05, 0) is 0 Å². The number of nitrogens with one attached hydrogen (secondary N) is 1. The third kappa shape index (κ3) is 4.79. The standard InChI is InChI=1S/C16H15INO2/c19-16(18-20)10-9-13-7-4-8-15(11-13)17-12-14-5-2-1-3-6-14/h1-11,20H,12H2,(H,18,19)/q-1/b10-9+. The minimum atomic E-state index is -0.519. The number of alkyl halides is 1. The molecular formula is C16H15INO2-. The molecule has 0 saturated heterocycles. The van der Waals surface area contributed by atoms with Crippen LogP contribution in [0.4, 0.5) is 0 Å². The van der Waals surface area contributed by atoms with Crippen LogP contribution in [0.1, 0.15) is 11.1 Å². The second kappa shape index (κ2) is 7.81. The van der Waals surface area contributed by atoms with Gasteiger partial charge in [0, 0.05) is 0 Å². The van der Waals surface area contributed by atoms with Crippen molar-refractivity contribution < 1.29 is 31.2 Å². The van der Waals surface area contributed by atoms with E-state index in [0.29, 0.717) is 0 Å². The van der Waals surface area contributed by atoms with Crippen LogP contribution in [0.15, 0.2) is 60.7 Å². The van der Waals surface area contributed by atoms with Crippen molar-refractivity contribution in [3.05, 3.63) is 75.4 Å². The van der Waals surface area contributed by atoms with Crippen LogP contribution in [0.5, 0.6) is 0 Å². The van der Waals surface area contributed by atoms with Gasteiger partial charge in [0.15, 0.2) is 0 Å². The summed E-state index contributed by atoms with van der Waals surface area (Å²) in [6.45, 7) is 0. The fourth-order valence-corrected chi connectivity index (χ4v) is 4.05. The number of carbonyl (C=O) groups excluding carboxylic acids is 1. The van der Waals surface area contributed by atoms with Crippen molar-refractivity contribution >= 4 is 12.0 Å². The van der Waals surface area contributed by atoms with E-state index < -0.39 is 5.91 Å². The van der Waals surface area contributed by atoms with E-state index >= 15 is 0 Å². The average Bonchev–Trinajstić information content (AvgIpc) is 2.52. The van der Waals surface area contributed by atoms with Crippen LogP contribution in [0.3, 0.4) is 0 Å². The topological polar surface area (TPSA) is 49.3 Å². The van der Waals surface area contributed by atoms with Gasteiger partial charge in [0.2, 0.25) is 0 Å². The molecule has 0 aliphatic heterocycles. The molecule has 2 aromatic carbocycles. The van der Waals surface area contributed by atoms with Crippen LogP contribution in [0.25, 0.3) is 6.08 Å². The van der Waals surface area contributed by atoms with Crippen molar-refractivity contribution in [3.8, 4) is 0 Å². The molecule has 0 heterocycles. The summed E-state index contributed by atoms with van der Waals surface area (Å²) in [6, 6.07) is 18.6. The molecule has 2 aromatic rings. The molecule has 0 aliphatic rings. The molecule has 0 spiro atoms. The van der Waals surface area contributed by atoms with E-state index in [1.165, 1.54) is 15.2 Å². The first-order valence-corrected chi connectivity index (χ1v) is 8.73. The van der Waals surface area contributed by atoms with Crippen LogP contribution in [0, 0.1) is 3.57 Å². The fourth-order valence-electron chi connectivity index (χ4n) is 1.62. The quantitative estimate of drug-likeness (QED) is 0.245. The zero-order chi connectivity index (χ0) is 14.2. The van der Waals surface area contributed by atoms with Crippen LogP contribution in [-0.4, -0.2) is 11.1 Å². The van der Waals surface area contributed by atoms with Crippen molar-refractivity contribution in [2.24, 2.45) is 0 Å². The van der Waals surface area contributed by atoms with Crippen LogP contribution >= 0.6 is 0 Å². The number of rotatable bonds is 5. The Bertz CT molecular complexity index is 596. The van der Waals surface area contributed by atoms with Gasteiger partial charge >= 0.3 is 128 Å². The number of hydroxylamine groups is 1. The van der Waals surface area contributed by atoms with E-state index in [4.69, 9.17) is 5.21 Å². The summed E-state index contributed by atoms with van der Waals surface area (Å²) in [5.41, 5.74) is 3.91. The fraction of sp³-hybridized carbons (Fsp3) is 0.0625. The Hall–Kier alpha value is -1.66. The molecule has 4 heteroatoms. The van der Waals surface area contributed by atoms with E-state index in [1.807, 2.05) is 18.2 Å². The number of hydrogen-bond acceptors (Lipinski definition) is 2. The molecule has 2 N–H and O–H groups in total. The number of hydrogen-bond donors (Lipinski definition) is 2. The summed E-state index contributed by atoms with van der Waals surface area (Å²) in [4.78, 5) is 10.9. The van der Waals surface area contributed by atoms with Gasteiger partial charge in [-0.15, -0.1) is 0 Å². The zero-order valence-corrected chi connectivity index (χ0v) is 12.9. The number of benzene rings is 2. The van der Waals surface area contributed by atoms with Crippen molar-refractivity contribution in [2.75, 3.05) is 0 Å². The molecule has 1 amide bonds. The molecule has 0 atom stereocenters. The summed E-state index contributed by atoms with van der Waals surface area (Å²) >= 11 is -0.0834. The van der Waals surface area contributed by atoms with Gasteiger partial charge < -0.3 is 0 Å². The molecular weight excluding hydrogens is 365 g/mol. The maximum absolute atomic E-state index is 10.9. The maximum atomic E-state index is 10.9. The van der Waals surface area contributed by atoms with Crippen molar-refractivity contribution in [1.82, 2.24) is 5.48 Å². The Balaban J connectivity index is 1.99.